The average molecular weight is 424 g/mol. The highest BCUT2D eigenvalue weighted by Gasteiger charge is 2.34. The summed E-state index contributed by atoms with van der Waals surface area (Å²) in [7, 11) is 0. The lowest BCUT2D eigenvalue weighted by Crippen LogP contribution is -2.54. The van der Waals surface area contributed by atoms with Crippen LogP contribution >= 0.6 is 12.2 Å². The predicted octanol–water partition coefficient (Wildman–Crippen LogP) is 2.93. The van der Waals surface area contributed by atoms with Crippen LogP contribution in [0.25, 0.3) is 6.08 Å². The van der Waals surface area contributed by atoms with Gasteiger partial charge in [0.25, 0.3) is 11.8 Å². The number of benzene rings is 2. The Labute approximate surface area is 179 Å². The highest BCUT2D eigenvalue weighted by atomic mass is 32.1. The minimum atomic E-state index is -1.08. The first kappa shape index (κ1) is 21.2. The van der Waals surface area contributed by atoms with Crippen molar-refractivity contribution >= 4 is 46.9 Å². The van der Waals surface area contributed by atoms with Gasteiger partial charge in [-0.15, -0.1) is 0 Å². The molecule has 2 N–H and O–H groups in total. The summed E-state index contributed by atoms with van der Waals surface area (Å²) >= 11 is 5.20. The zero-order chi connectivity index (χ0) is 21.8. The first-order chi connectivity index (χ1) is 14.3. The highest BCUT2D eigenvalue weighted by Crippen LogP contribution is 2.23. The zero-order valence-electron chi connectivity index (χ0n) is 16.4. The van der Waals surface area contributed by atoms with Crippen LogP contribution in [0.3, 0.4) is 0 Å². The summed E-state index contributed by atoms with van der Waals surface area (Å²) in [6.07, 6.45) is 1.33. The summed E-state index contributed by atoms with van der Waals surface area (Å²) in [5, 5.41) is 11.5. The van der Waals surface area contributed by atoms with Crippen molar-refractivity contribution in [1.82, 2.24) is 5.32 Å². The van der Waals surface area contributed by atoms with E-state index in [1.165, 1.54) is 17.9 Å². The van der Waals surface area contributed by atoms with E-state index in [-0.39, 0.29) is 10.7 Å². The number of nitrogens with zero attached hydrogens (tertiary/aromatic N) is 1. The fourth-order valence-electron chi connectivity index (χ4n) is 2.84. The number of carboxylic acids is 1. The quantitative estimate of drug-likeness (QED) is 0.421. The Morgan fingerprint density at radius 1 is 1.17 bits per heavy atom. The van der Waals surface area contributed by atoms with Crippen molar-refractivity contribution in [2.45, 2.75) is 26.4 Å². The number of ether oxygens (including phenoxy) is 1. The third-order valence-electron chi connectivity index (χ3n) is 4.56. The van der Waals surface area contributed by atoms with Gasteiger partial charge in [-0.05, 0) is 67.0 Å². The van der Waals surface area contributed by atoms with E-state index >= 15 is 0 Å². The number of anilines is 1. The molecule has 0 radical (unpaired) electrons. The number of rotatable bonds is 6. The molecule has 0 bridgehead atoms. The molecule has 2 aromatic carbocycles. The molecular weight excluding hydrogens is 404 g/mol. The van der Waals surface area contributed by atoms with Crippen LogP contribution in [0, 0.1) is 0 Å². The van der Waals surface area contributed by atoms with Gasteiger partial charge in [0.05, 0.1) is 5.69 Å². The monoisotopic (exact) mass is 424 g/mol. The van der Waals surface area contributed by atoms with Gasteiger partial charge in [0, 0.05) is 0 Å². The lowest BCUT2D eigenvalue weighted by atomic mass is 10.1. The minimum Gasteiger partial charge on any atom is -0.479 e. The lowest BCUT2D eigenvalue weighted by molar-refractivity contribution is -0.144. The van der Waals surface area contributed by atoms with Crippen LogP contribution in [-0.4, -0.2) is 34.1 Å². The number of carboxylic acid groups (broad SMARTS) is 1. The van der Waals surface area contributed by atoms with Crippen molar-refractivity contribution in [3.05, 3.63) is 65.2 Å². The Hall–Kier alpha value is -3.52. The Bertz CT molecular complexity index is 1030. The number of thiocarbonyl (C=S) groups is 1. The highest BCUT2D eigenvalue weighted by molar-refractivity contribution is 7.80. The number of nitrogens with one attached hydrogen (secondary N) is 1. The number of hydrogen-bond acceptors (Lipinski definition) is 5. The molecule has 3 rings (SSSR count). The number of aliphatic carboxylic acids is 1. The summed E-state index contributed by atoms with van der Waals surface area (Å²) < 4.78 is 5.28. The van der Waals surface area contributed by atoms with E-state index in [0.29, 0.717) is 17.0 Å². The molecule has 8 heteroatoms. The minimum absolute atomic E-state index is 0.0257. The normalized spacial score (nSPS) is 16.4. The molecule has 1 aliphatic heterocycles. The number of carbonyl (C=O) groups excluding carboxylic acids is 2. The topological polar surface area (TPSA) is 95.9 Å². The maximum Gasteiger partial charge on any atom is 0.344 e. The van der Waals surface area contributed by atoms with Gasteiger partial charge in [0.2, 0.25) is 0 Å². The molecular formula is C22H20N2O5S. The predicted molar refractivity (Wildman–Crippen MR) is 116 cm³/mol. The standard InChI is InChI=1S/C22H20N2O5S/c1-3-14-4-8-16(9-5-14)24-20(26)18(19(25)23-22(24)30)12-15-6-10-17(11-7-15)29-13(2)21(27)28/h4-13H,3H2,1-2H3,(H,27,28)(H,23,25,30)/b18-12-. The summed E-state index contributed by atoms with van der Waals surface area (Å²) in [5.41, 5.74) is 2.21. The first-order valence-electron chi connectivity index (χ1n) is 9.30. The lowest BCUT2D eigenvalue weighted by Gasteiger charge is -2.29. The fraction of sp³-hybridized carbons (Fsp3) is 0.182. The van der Waals surface area contributed by atoms with Gasteiger partial charge in [0.1, 0.15) is 11.3 Å². The van der Waals surface area contributed by atoms with Gasteiger partial charge in [-0.3, -0.25) is 19.8 Å². The van der Waals surface area contributed by atoms with Crippen molar-refractivity contribution in [3.8, 4) is 5.75 Å². The molecule has 1 unspecified atom stereocenters. The van der Waals surface area contributed by atoms with E-state index in [2.05, 4.69) is 5.32 Å². The Morgan fingerprint density at radius 2 is 1.80 bits per heavy atom. The van der Waals surface area contributed by atoms with Crippen molar-refractivity contribution in [1.29, 1.82) is 0 Å². The van der Waals surface area contributed by atoms with Crippen molar-refractivity contribution in [2.24, 2.45) is 0 Å². The van der Waals surface area contributed by atoms with Gasteiger partial charge in [0.15, 0.2) is 11.2 Å². The van der Waals surface area contributed by atoms with Gasteiger partial charge in [-0.2, -0.15) is 0 Å². The van der Waals surface area contributed by atoms with Crippen molar-refractivity contribution in [3.63, 3.8) is 0 Å². The number of carbonyl (C=O) groups is 3. The van der Waals surface area contributed by atoms with Crippen LogP contribution in [0.4, 0.5) is 5.69 Å². The first-order valence-corrected chi connectivity index (χ1v) is 9.71. The summed E-state index contributed by atoms with van der Waals surface area (Å²) in [6, 6.07) is 13.8. The van der Waals surface area contributed by atoms with Crippen LogP contribution < -0.4 is 15.0 Å². The number of hydrogen-bond donors (Lipinski definition) is 2. The van der Waals surface area contributed by atoms with E-state index in [4.69, 9.17) is 22.1 Å². The van der Waals surface area contributed by atoms with Crippen molar-refractivity contribution in [2.75, 3.05) is 4.90 Å². The molecule has 0 saturated carbocycles. The molecule has 1 atom stereocenters. The molecule has 0 spiro atoms. The van der Waals surface area contributed by atoms with Crippen molar-refractivity contribution < 1.29 is 24.2 Å². The van der Waals surface area contributed by atoms with E-state index in [1.807, 2.05) is 19.1 Å². The molecule has 30 heavy (non-hydrogen) atoms. The van der Waals surface area contributed by atoms with Gasteiger partial charge in [-0.25, -0.2) is 4.79 Å². The van der Waals surface area contributed by atoms with Crippen LogP contribution in [0.5, 0.6) is 5.75 Å². The summed E-state index contributed by atoms with van der Waals surface area (Å²) in [6.45, 7) is 3.46. The van der Waals surface area contributed by atoms with E-state index < -0.39 is 23.9 Å². The number of amides is 2. The maximum absolute atomic E-state index is 13.0. The summed E-state index contributed by atoms with van der Waals surface area (Å²) in [5.74, 6) is -1.81. The molecule has 7 nitrogen and oxygen atoms in total. The van der Waals surface area contributed by atoms with Crippen LogP contribution in [0.1, 0.15) is 25.0 Å². The molecule has 0 aromatic heterocycles. The molecule has 2 amide bonds. The Balaban J connectivity index is 1.85. The molecule has 1 heterocycles. The largest absolute Gasteiger partial charge is 0.479 e. The van der Waals surface area contributed by atoms with E-state index in [9.17, 15) is 14.4 Å². The molecule has 1 aliphatic rings. The fourth-order valence-corrected chi connectivity index (χ4v) is 3.12. The SMILES string of the molecule is CCc1ccc(N2C(=O)/C(=C\c3ccc(OC(C)C(=O)O)cc3)C(=O)NC2=S)cc1. The van der Waals surface area contributed by atoms with Crippen LogP contribution in [-0.2, 0) is 20.8 Å². The van der Waals surface area contributed by atoms with Gasteiger partial charge in [-0.1, -0.05) is 31.2 Å². The maximum atomic E-state index is 13.0. The third-order valence-corrected chi connectivity index (χ3v) is 4.84. The smallest absolute Gasteiger partial charge is 0.344 e. The molecule has 1 fully saturated rings. The molecule has 2 aromatic rings. The Kier molecular flexibility index (Phi) is 6.27. The van der Waals surface area contributed by atoms with Crippen LogP contribution in [0.15, 0.2) is 54.1 Å². The zero-order valence-corrected chi connectivity index (χ0v) is 17.2. The van der Waals surface area contributed by atoms with Gasteiger partial charge >= 0.3 is 5.97 Å². The second kappa shape index (κ2) is 8.87. The molecule has 154 valence electrons. The van der Waals surface area contributed by atoms with Crippen LogP contribution in [0.2, 0.25) is 0 Å². The Morgan fingerprint density at radius 3 is 2.37 bits per heavy atom. The van der Waals surface area contributed by atoms with E-state index in [0.717, 1.165) is 12.0 Å². The second-order valence-electron chi connectivity index (χ2n) is 6.65. The number of aryl methyl sites for hydroxylation is 1. The van der Waals surface area contributed by atoms with Gasteiger partial charge < -0.3 is 9.84 Å². The molecule has 0 aliphatic carbocycles. The van der Waals surface area contributed by atoms with E-state index in [1.54, 1.807) is 36.4 Å². The average Bonchev–Trinajstić information content (AvgIpc) is 2.72. The third kappa shape index (κ3) is 4.55. The second-order valence-corrected chi connectivity index (χ2v) is 7.03. The molecule has 1 saturated heterocycles. The summed E-state index contributed by atoms with van der Waals surface area (Å²) in [4.78, 5) is 37.6.